The first-order valence-corrected chi connectivity index (χ1v) is 7.43. The molecule has 0 radical (unpaired) electrons. The summed E-state index contributed by atoms with van der Waals surface area (Å²) in [4.78, 5) is 13.8. The van der Waals surface area contributed by atoms with Crippen molar-refractivity contribution in [3.05, 3.63) is 35.9 Å². The minimum absolute atomic E-state index is 0.0702. The van der Waals surface area contributed by atoms with Crippen LogP contribution in [0.2, 0.25) is 0 Å². The fourth-order valence-corrected chi connectivity index (χ4v) is 2.45. The maximum atomic E-state index is 12.1. The van der Waals surface area contributed by atoms with Gasteiger partial charge < -0.3 is 19.1 Å². The predicted molar refractivity (Wildman–Crippen MR) is 79.0 cm³/mol. The molecule has 1 aliphatic rings. The van der Waals surface area contributed by atoms with Crippen LogP contribution in [0.3, 0.4) is 0 Å². The molecular formula is C16H23NO4. The van der Waals surface area contributed by atoms with Gasteiger partial charge in [0.2, 0.25) is 0 Å². The molecule has 1 fully saturated rings. The van der Waals surface area contributed by atoms with Gasteiger partial charge in [-0.15, -0.1) is 0 Å². The minimum Gasteiger partial charge on any atom is -0.445 e. The Morgan fingerprint density at radius 1 is 1.10 bits per heavy atom. The van der Waals surface area contributed by atoms with E-state index in [0.717, 1.165) is 5.56 Å². The molecule has 0 aromatic heterocycles. The first-order chi connectivity index (χ1) is 10.2. The smallest absolute Gasteiger partial charge is 0.410 e. The molecule has 5 nitrogen and oxygen atoms in total. The van der Waals surface area contributed by atoms with Crippen molar-refractivity contribution in [2.24, 2.45) is 0 Å². The molecule has 1 aromatic rings. The van der Waals surface area contributed by atoms with Crippen molar-refractivity contribution >= 4 is 6.09 Å². The van der Waals surface area contributed by atoms with Crippen LogP contribution in [0.5, 0.6) is 0 Å². The average molecular weight is 293 g/mol. The molecule has 21 heavy (non-hydrogen) atoms. The van der Waals surface area contributed by atoms with Gasteiger partial charge in [0, 0.05) is 13.2 Å². The second kappa shape index (κ2) is 8.00. The zero-order valence-electron chi connectivity index (χ0n) is 12.7. The van der Waals surface area contributed by atoms with Gasteiger partial charge in [0.15, 0.2) is 0 Å². The third-order valence-electron chi connectivity index (χ3n) is 3.44. The predicted octanol–water partition coefficient (Wildman–Crippen LogP) is 2.45. The molecule has 1 saturated heterocycles. The van der Waals surface area contributed by atoms with E-state index in [0.29, 0.717) is 26.3 Å². The number of carbonyl (C=O) groups is 1. The van der Waals surface area contributed by atoms with E-state index in [9.17, 15) is 4.79 Å². The Bertz CT molecular complexity index is 423. The summed E-state index contributed by atoms with van der Waals surface area (Å²) in [5.74, 6) is 0. The summed E-state index contributed by atoms with van der Waals surface area (Å²) < 4.78 is 16.6. The number of hydrogen-bond acceptors (Lipinski definition) is 4. The lowest BCUT2D eigenvalue weighted by atomic mass is 10.2. The molecule has 0 spiro atoms. The van der Waals surface area contributed by atoms with E-state index in [-0.39, 0.29) is 24.9 Å². The molecule has 1 aromatic carbocycles. The standard InChI is InChI=1S/C16H23NO4/c1-3-19-14-10-17(11-15(14)20-4-2)16(18)21-12-13-8-6-5-7-9-13/h5-9,14-15H,3-4,10-12H2,1-2H3/t14-,15+. The number of benzene rings is 1. The van der Waals surface area contributed by atoms with Gasteiger partial charge >= 0.3 is 6.09 Å². The Labute approximate surface area is 125 Å². The van der Waals surface area contributed by atoms with Crippen LogP contribution in [0, 0.1) is 0 Å². The Morgan fingerprint density at radius 3 is 2.19 bits per heavy atom. The molecule has 1 heterocycles. The maximum absolute atomic E-state index is 12.1. The van der Waals surface area contributed by atoms with Crippen molar-refractivity contribution in [3.8, 4) is 0 Å². The molecule has 0 saturated carbocycles. The molecule has 0 aliphatic carbocycles. The molecule has 2 rings (SSSR count). The Hall–Kier alpha value is -1.59. The lowest BCUT2D eigenvalue weighted by molar-refractivity contribution is -0.0388. The van der Waals surface area contributed by atoms with Crippen molar-refractivity contribution in [3.63, 3.8) is 0 Å². The third-order valence-corrected chi connectivity index (χ3v) is 3.44. The highest BCUT2D eigenvalue weighted by molar-refractivity contribution is 5.68. The summed E-state index contributed by atoms with van der Waals surface area (Å²) in [5.41, 5.74) is 0.979. The topological polar surface area (TPSA) is 48.0 Å². The van der Waals surface area contributed by atoms with Gasteiger partial charge in [-0.25, -0.2) is 4.79 Å². The van der Waals surface area contributed by atoms with E-state index in [2.05, 4.69) is 0 Å². The number of nitrogens with zero attached hydrogens (tertiary/aromatic N) is 1. The Morgan fingerprint density at radius 2 is 1.67 bits per heavy atom. The summed E-state index contributed by atoms with van der Waals surface area (Å²) in [6, 6.07) is 9.65. The highest BCUT2D eigenvalue weighted by Gasteiger charge is 2.37. The van der Waals surface area contributed by atoms with Gasteiger partial charge in [-0.3, -0.25) is 0 Å². The Balaban J connectivity index is 1.85. The fraction of sp³-hybridized carbons (Fsp3) is 0.562. The highest BCUT2D eigenvalue weighted by atomic mass is 16.6. The van der Waals surface area contributed by atoms with Gasteiger partial charge in [-0.05, 0) is 19.4 Å². The van der Waals surface area contributed by atoms with Crippen LogP contribution < -0.4 is 0 Å². The van der Waals surface area contributed by atoms with Crippen LogP contribution in [-0.4, -0.2) is 49.5 Å². The maximum Gasteiger partial charge on any atom is 0.410 e. The van der Waals surface area contributed by atoms with Gasteiger partial charge in [0.1, 0.15) is 18.8 Å². The van der Waals surface area contributed by atoms with E-state index >= 15 is 0 Å². The van der Waals surface area contributed by atoms with E-state index < -0.39 is 0 Å². The number of rotatable bonds is 6. The zero-order valence-corrected chi connectivity index (χ0v) is 12.7. The summed E-state index contributed by atoms with van der Waals surface area (Å²) in [6.45, 7) is 6.44. The van der Waals surface area contributed by atoms with Gasteiger partial charge in [-0.2, -0.15) is 0 Å². The molecule has 2 atom stereocenters. The first-order valence-electron chi connectivity index (χ1n) is 7.43. The minimum atomic E-state index is -0.314. The SMILES string of the molecule is CCO[C@H]1CN(C(=O)OCc2ccccc2)C[C@H]1OCC. The van der Waals surface area contributed by atoms with Crippen LogP contribution in [0.15, 0.2) is 30.3 Å². The monoisotopic (exact) mass is 293 g/mol. The van der Waals surface area contributed by atoms with Crippen LogP contribution in [0.25, 0.3) is 0 Å². The molecule has 0 bridgehead atoms. The summed E-state index contributed by atoms with van der Waals surface area (Å²) >= 11 is 0. The first kappa shape index (κ1) is 15.8. The van der Waals surface area contributed by atoms with E-state index in [4.69, 9.17) is 14.2 Å². The number of likely N-dealkylation sites (tertiary alicyclic amines) is 1. The highest BCUT2D eigenvalue weighted by Crippen LogP contribution is 2.18. The largest absolute Gasteiger partial charge is 0.445 e. The molecule has 5 heteroatoms. The molecule has 1 amide bonds. The summed E-state index contributed by atoms with van der Waals surface area (Å²) in [5, 5.41) is 0. The lowest BCUT2D eigenvalue weighted by Gasteiger charge is -2.17. The number of hydrogen-bond donors (Lipinski definition) is 0. The van der Waals surface area contributed by atoms with Crippen molar-refractivity contribution < 1.29 is 19.0 Å². The van der Waals surface area contributed by atoms with Crippen LogP contribution in [0.1, 0.15) is 19.4 Å². The molecule has 116 valence electrons. The molecule has 1 aliphatic heterocycles. The quantitative estimate of drug-likeness (QED) is 0.808. The van der Waals surface area contributed by atoms with Gasteiger partial charge in [0.05, 0.1) is 13.1 Å². The zero-order chi connectivity index (χ0) is 15.1. The molecule has 0 unspecified atom stereocenters. The van der Waals surface area contributed by atoms with Crippen LogP contribution in [-0.2, 0) is 20.8 Å². The van der Waals surface area contributed by atoms with Crippen molar-refractivity contribution in [1.29, 1.82) is 0 Å². The second-order valence-electron chi connectivity index (χ2n) is 4.93. The number of amides is 1. The molecule has 0 N–H and O–H groups in total. The summed E-state index contributed by atoms with van der Waals surface area (Å²) in [6.07, 6.45) is -0.454. The fourth-order valence-electron chi connectivity index (χ4n) is 2.45. The van der Waals surface area contributed by atoms with E-state index in [1.54, 1.807) is 4.90 Å². The van der Waals surface area contributed by atoms with Crippen molar-refractivity contribution in [2.45, 2.75) is 32.7 Å². The van der Waals surface area contributed by atoms with Gasteiger partial charge in [-0.1, -0.05) is 30.3 Å². The van der Waals surface area contributed by atoms with Gasteiger partial charge in [0.25, 0.3) is 0 Å². The average Bonchev–Trinajstić information content (AvgIpc) is 2.90. The second-order valence-corrected chi connectivity index (χ2v) is 4.93. The van der Waals surface area contributed by atoms with Crippen LogP contribution in [0.4, 0.5) is 4.79 Å². The normalized spacial score (nSPS) is 21.5. The van der Waals surface area contributed by atoms with E-state index in [1.165, 1.54) is 0 Å². The lowest BCUT2D eigenvalue weighted by Crippen LogP contribution is -2.30. The summed E-state index contributed by atoms with van der Waals surface area (Å²) in [7, 11) is 0. The van der Waals surface area contributed by atoms with Crippen LogP contribution >= 0.6 is 0 Å². The molecular weight excluding hydrogens is 270 g/mol. The third kappa shape index (κ3) is 4.44. The van der Waals surface area contributed by atoms with Crippen molar-refractivity contribution in [2.75, 3.05) is 26.3 Å². The van der Waals surface area contributed by atoms with E-state index in [1.807, 2.05) is 44.2 Å². The Kier molecular flexibility index (Phi) is 6.02. The number of ether oxygens (including phenoxy) is 3. The number of carbonyl (C=O) groups excluding carboxylic acids is 1. The van der Waals surface area contributed by atoms with Crippen molar-refractivity contribution in [1.82, 2.24) is 4.90 Å².